The van der Waals surface area contributed by atoms with Crippen molar-refractivity contribution in [2.24, 2.45) is 0 Å². The molecule has 0 unspecified atom stereocenters. The molecular weight excluding hydrogens is 391 g/mol. The van der Waals surface area contributed by atoms with Gasteiger partial charge in [0, 0.05) is 5.56 Å². The lowest BCUT2D eigenvalue weighted by atomic mass is 10.2. The third-order valence-electron chi connectivity index (χ3n) is 3.76. The molecule has 0 bridgehead atoms. The lowest BCUT2D eigenvalue weighted by Gasteiger charge is -2.10. The molecule has 3 rings (SSSR count). The van der Waals surface area contributed by atoms with Crippen LogP contribution >= 0.6 is 0 Å². The minimum Gasteiger partial charge on any atom is -0.497 e. The second kappa shape index (κ2) is 8.63. The van der Waals surface area contributed by atoms with Crippen molar-refractivity contribution in [1.29, 1.82) is 0 Å². The summed E-state index contributed by atoms with van der Waals surface area (Å²) in [4.78, 5) is 16.0. The average Bonchev–Trinajstić information content (AvgIpc) is 3.19. The Kier molecular flexibility index (Phi) is 6.01. The van der Waals surface area contributed by atoms with Crippen LogP contribution in [-0.2, 0) is 17.5 Å². The summed E-state index contributed by atoms with van der Waals surface area (Å²) < 4.78 is 53.3. The molecule has 1 amide bonds. The molecule has 10 heteroatoms. The number of hydrogen-bond acceptors (Lipinski definition) is 6. The Labute approximate surface area is 163 Å². The minimum absolute atomic E-state index is 0.0538. The van der Waals surface area contributed by atoms with Crippen LogP contribution in [0.2, 0.25) is 0 Å². The summed E-state index contributed by atoms with van der Waals surface area (Å²) in [6, 6.07) is 11.3. The number of methoxy groups -OCH3 is 1. The van der Waals surface area contributed by atoms with Crippen molar-refractivity contribution in [3.63, 3.8) is 0 Å². The van der Waals surface area contributed by atoms with E-state index in [1.807, 2.05) is 0 Å². The van der Waals surface area contributed by atoms with Gasteiger partial charge in [-0.3, -0.25) is 4.79 Å². The van der Waals surface area contributed by atoms with Crippen LogP contribution in [0.3, 0.4) is 0 Å². The molecule has 0 aliphatic heterocycles. The molecular formula is C19H16F3N3O4. The van der Waals surface area contributed by atoms with Crippen molar-refractivity contribution in [3.05, 3.63) is 60.0 Å². The molecule has 152 valence electrons. The molecule has 1 aromatic heterocycles. The number of halogens is 3. The highest BCUT2D eigenvalue weighted by Gasteiger charge is 2.30. The third kappa shape index (κ3) is 5.47. The molecule has 3 aromatic rings. The number of benzene rings is 2. The van der Waals surface area contributed by atoms with Crippen LogP contribution in [0.4, 0.5) is 13.2 Å². The predicted molar refractivity (Wildman–Crippen MR) is 95.1 cm³/mol. The van der Waals surface area contributed by atoms with E-state index >= 15 is 0 Å². The average molecular weight is 407 g/mol. The molecule has 1 N–H and O–H groups in total. The number of alkyl halides is 3. The highest BCUT2D eigenvalue weighted by atomic mass is 19.4. The molecule has 0 aliphatic carbocycles. The van der Waals surface area contributed by atoms with Crippen molar-refractivity contribution in [2.75, 3.05) is 13.7 Å². The highest BCUT2D eigenvalue weighted by molar-refractivity contribution is 5.77. The molecule has 0 radical (unpaired) electrons. The first-order chi connectivity index (χ1) is 13.8. The van der Waals surface area contributed by atoms with E-state index in [0.717, 1.165) is 12.1 Å². The van der Waals surface area contributed by atoms with Gasteiger partial charge in [-0.1, -0.05) is 23.4 Å². The molecule has 0 aliphatic rings. The van der Waals surface area contributed by atoms with Crippen LogP contribution in [0, 0.1) is 0 Å². The van der Waals surface area contributed by atoms with Gasteiger partial charge in [-0.25, -0.2) is 0 Å². The molecule has 0 spiro atoms. The van der Waals surface area contributed by atoms with Gasteiger partial charge in [0.25, 0.3) is 5.91 Å². The van der Waals surface area contributed by atoms with Crippen LogP contribution in [0.1, 0.15) is 11.5 Å². The zero-order chi connectivity index (χ0) is 20.9. The quantitative estimate of drug-likeness (QED) is 0.646. The van der Waals surface area contributed by atoms with Crippen LogP contribution in [0.25, 0.3) is 11.4 Å². The van der Waals surface area contributed by atoms with Crippen molar-refractivity contribution in [2.45, 2.75) is 12.7 Å². The van der Waals surface area contributed by atoms with Gasteiger partial charge in [0.05, 0.1) is 19.2 Å². The van der Waals surface area contributed by atoms with Crippen molar-refractivity contribution < 1.29 is 32.0 Å². The fourth-order valence-electron chi connectivity index (χ4n) is 2.34. The Hall–Kier alpha value is -3.56. The van der Waals surface area contributed by atoms with Crippen molar-refractivity contribution >= 4 is 5.91 Å². The summed E-state index contributed by atoms with van der Waals surface area (Å²) in [5.74, 6) is 0.508. The van der Waals surface area contributed by atoms with Crippen LogP contribution < -0.4 is 14.8 Å². The van der Waals surface area contributed by atoms with Crippen LogP contribution in [-0.4, -0.2) is 29.8 Å². The first-order valence-corrected chi connectivity index (χ1v) is 8.39. The zero-order valence-electron chi connectivity index (χ0n) is 15.2. The van der Waals surface area contributed by atoms with Gasteiger partial charge in [0.2, 0.25) is 11.7 Å². The molecule has 0 fully saturated rings. The summed E-state index contributed by atoms with van der Waals surface area (Å²) in [5.41, 5.74) is -0.176. The SMILES string of the molecule is COc1cccc(-c2noc(CNC(=O)COc3cccc(C(F)(F)F)c3)n2)c1. The number of nitrogens with one attached hydrogen (secondary N) is 1. The number of ether oxygens (including phenoxy) is 2. The number of rotatable bonds is 7. The van der Waals surface area contributed by atoms with E-state index in [2.05, 4.69) is 15.5 Å². The molecule has 0 atom stereocenters. The Morgan fingerprint density at radius 1 is 1.14 bits per heavy atom. The number of hydrogen-bond donors (Lipinski definition) is 1. The van der Waals surface area contributed by atoms with Gasteiger partial charge in [-0.2, -0.15) is 18.2 Å². The van der Waals surface area contributed by atoms with Gasteiger partial charge in [-0.05, 0) is 30.3 Å². The van der Waals surface area contributed by atoms with Crippen LogP contribution in [0.5, 0.6) is 11.5 Å². The van der Waals surface area contributed by atoms with Crippen molar-refractivity contribution in [3.8, 4) is 22.9 Å². The van der Waals surface area contributed by atoms with E-state index in [4.69, 9.17) is 14.0 Å². The van der Waals surface area contributed by atoms with E-state index in [0.29, 0.717) is 17.1 Å². The normalized spacial score (nSPS) is 11.2. The first kappa shape index (κ1) is 20.2. The molecule has 7 nitrogen and oxygen atoms in total. The third-order valence-corrected chi connectivity index (χ3v) is 3.76. The van der Waals surface area contributed by atoms with Gasteiger partial charge in [-0.15, -0.1) is 0 Å². The lowest BCUT2D eigenvalue weighted by Crippen LogP contribution is -2.28. The zero-order valence-corrected chi connectivity index (χ0v) is 15.2. The van der Waals surface area contributed by atoms with Gasteiger partial charge in [0.15, 0.2) is 6.61 Å². The standard InChI is InChI=1S/C19H16F3N3O4/c1-27-14-6-2-4-12(8-14)18-24-17(29-25-18)10-23-16(26)11-28-15-7-3-5-13(9-15)19(20,21)22/h2-9H,10-11H2,1H3,(H,23,26). The van der Waals surface area contributed by atoms with Crippen LogP contribution in [0.15, 0.2) is 53.1 Å². The summed E-state index contributed by atoms with van der Waals surface area (Å²) in [6.45, 7) is -0.514. The van der Waals surface area contributed by atoms with Gasteiger partial charge in [0.1, 0.15) is 11.5 Å². The molecule has 2 aromatic carbocycles. The summed E-state index contributed by atoms with van der Waals surface area (Å²) in [6.07, 6.45) is -4.49. The number of carbonyl (C=O) groups is 1. The van der Waals surface area contributed by atoms with Gasteiger partial charge >= 0.3 is 6.18 Å². The fourth-order valence-corrected chi connectivity index (χ4v) is 2.34. The molecule has 0 saturated heterocycles. The molecule has 29 heavy (non-hydrogen) atoms. The number of carbonyl (C=O) groups excluding carboxylic acids is 1. The largest absolute Gasteiger partial charge is 0.497 e. The topological polar surface area (TPSA) is 86.5 Å². The smallest absolute Gasteiger partial charge is 0.416 e. The second-order valence-corrected chi connectivity index (χ2v) is 5.83. The molecule has 1 heterocycles. The van der Waals surface area contributed by atoms with E-state index < -0.39 is 24.3 Å². The Morgan fingerprint density at radius 2 is 1.90 bits per heavy atom. The predicted octanol–water partition coefficient (Wildman–Crippen LogP) is 3.46. The first-order valence-electron chi connectivity index (χ1n) is 8.39. The maximum atomic E-state index is 12.7. The van der Waals surface area contributed by atoms with E-state index in [1.54, 1.807) is 24.3 Å². The number of aromatic nitrogens is 2. The monoisotopic (exact) mass is 407 g/mol. The van der Waals surface area contributed by atoms with E-state index in [1.165, 1.54) is 19.2 Å². The van der Waals surface area contributed by atoms with Gasteiger partial charge < -0.3 is 19.3 Å². The number of nitrogens with zero attached hydrogens (tertiary/aromatic N) is 2. The summed E-state index contributed by atoms with van der Waals surface area (Å²) in [7, 11) is 1.54. The van der Waals surface area contributed by atoms with E-state index in [9.17, 15) is 18.0 Å². The minimum atomic E-state index is -4.49. The Morgan fingerprint density at radius 3 is 2.66 bits per heavy atom. The van der Waals surface area contributed by atoms with Crippen molar-refractivity contribution in [1.82, 2.24) is 15.5 Å². The number of amides is 1. The lowest BCUT2D eigenvalue weighted by molar-refractivity contribution is -0.137. The Bertz CT molecular complexity index is 989. The maximum absolute atomic E-state index is 12.7. The molecule has 0 saturated carbocycles. The Balaban J connectivity index is 1.52. The van der Waals surface area contributed by atoms with E-state index in [-0.39, 0.29) is 18.2 Å². The highest BCUT2D eigenvalue weighted by Crippen LogP contribution is 2.31. The summed E-state index contributed by atoms with van der Waals surface area (Å²) >= 11 is 0. The fraction of sp³-hybridized carbons (Fsp3) is 0.211. The summed E-state index contributed by atoms with van der Waals surface area (Å²) in [5, 5.41) is 6.33. The maximum Gasteiger partial charge on any atom is 0.416 e. The second-order valence-electron chi connectivity index (χ2n) is 5.83.